The number of hydrogen-bond donors (Lipinski definition) is 1. The van der Waals surface area contributed by atoms with Gasteiger partial charge >= 0.3 is 0 Å². The molecule has 94 valence electrons. The minimum absolute atomic E-state index is 0.108. The third-order valence-corrected chi connectivity index (χ3v) is 4.49. The lowest BCUT2D eigenvalue weighted by molar-refractivity contribution is 0.254. The Balaban J connectivity index is 1.91. The number of benzene rings is 1. The summed E-state index contributed by atoms with van der Waals surface area (Å²) in [6, 6.07) is 9.98. The van der Waals surface area contributed by atoms with E-state index in [2.05, 4.69) is 13.0 Å². The fraction of sp³-hybridized carbons (Fsp3) is 0.286. The Morgan fingerprint density at radius 3 is 2.94 bits per heavy atom. The molecule has 0 bridgehead atoms. The van der Waals surface area contributed by atoms with Crippen LogP contribution in [0.15, 0.2) is 30.3 Å². The van der Waals surface area contributed by atoms with Crippen molar-refractivity contribution in [3.05, 3.63) is 50.7 Å². The smallest absolute Gasteiger partial charge is 0.123 e. The van der Waals surface area contributed by atoms with Crippen molar-refractivity contribution in [2.24, 2.45) is 5.73 Å². The summed E-state index contributed by atoms with van der Waals surface area (Å²) in [5, 5.41) is 0. The van der Waals surface area contributed by atoms with Crippen LogP contribution < -0.4 is 10.5 Å². The van der Waals surface area contributed by atoms with E-state index in [1.54, 1.807) is 0 Å². The van der Waals surface area contributed by atoms with Gasteiger partial charge in [0.25, 0.3) is 0 Å². The zero-order valence-corrected chi connectivity index (χ0v) is 11.6. The van der Waals surface area contributed by atoms with Gasteiger partial charge in [-0.25, -0.2) is 0 Å². The maximum atomic E-state index is 6.27. The second kappa shape index (κ2) is 4.57. The number of hydrogen-bond acceptors (Lipinski definition) is 3. The van der Waals surface area contributed by atoms with Gasteiger partial charge < -0.3 is 10.5 Å². The van der Waals surface area contributed by atoms with E-state index in [4.69, 9.17) is 22.1 Å². The van der Waals surface area contributed by atoms with Crippen LogP contribution in [0.5, 0.6) is 5.75 Å². The van der Waals surface area contributed by atoms with Gasteiger partial charge in [0, 0.05) is 11.3 Å². The van der Waals surface area contributed by atoms with Gasteiger partial charge in [0.1, 0.15) is 11.9 Å². The summed E-state index contributed by atoms with van der Waals surface area (Å²) in [6.07, 6.45) is 1.23. The normalized spacial score (nSPS) is 19.4. The second-order valence-electron chi connectivity index (χ2n) is 4.62. The average Bonchev–Trinajstić information content (AvgIpc) is 2.92. The molecule has 18 heavy (non-hydrogen) atoms. The molecule has 0 spiro atoms. The zero-order chi connectivity index (χ0) is 12.7. The lowest BCUT2D eigenvalue weighted by atomic mass is 10.0. The van der Waals surface area contributed by atoms with Crippen molar-refractivity contribution in [3.8, 4) is 5.75 Å². The highest BCUT2D eigenvalue weighted by molar-refractivity contribution is 7.16. The number of nitrogens with two attached hydrogens (primary N) is 1. The fourth-order valence-corrected chi connectivity index (χ4v) is 3.39. The van der Waals surface area contributed by atoms with E-state index in [1.807, 2.05) is 24.3 Å². The molecule has 1 aliphatic rings. The molecule has 2 nitrogen and oxygen atoms in total. The van der Waals surface area contributed by atoms with Gasteiger partial charge in [-0.3, -0.25) is 0 Å². The summed E-state index contributed by atoms with van der Waals surface area (Å²) in [6.45, 7) is 2.08. The third kappa shape index (κ3) is 2.14. The van der Waals surface area contributed by atoms with Crippen molar-refractivity contribution in [1.82, 2.24) is 0 Å². The fourth-order valence-electron chi connectivity index (χ4n) is 2.30. The lowest BCUT2D eigenvalue weighted by Gasteiger charge is -2.11. The lowest BCUT2D eigenvalue weighted by Crippen LogP contribution is -2.10. The Morgan fingerprint density at radius 1 is 1.39 bits per heavy atom. The summed E-state index contributed by atoms with van der Waals surface area (Å²) < 4.78 is 6.47. The van der Waals surface area contributed by atoms with Gasteiger partial charge in [-0.05, 0) is 36.2 Å². The van der Waals surface area contributed by atoms with E-state index in [0.717, 1.165) is 26.9 Å². The van der Waals surface area contributed by atoms with Crippen LogP contribution in [0.4, 0.5) is 0 Å². The standard InChI is InChI=1S/C14H14ClNOS/c1-8-6-10-7-9(2-3-11(10)17-8)14(16)12-4-5-13(15)18-12/h2-5,7-8,14H,6,16H2,1H3. The maximum Gasteiger partial charge on any atom is 0.123 e. The number of fused-ring (bicyclic) bond motifs is 1. The molecule has 2 aromatic rings. The van der Waals surface area contributed by atoms with Crippen molar-refractivity contribution in [2.45, 2.75) is 25.5 Å². The summed E-state index contributed by atoms with van der Waals surface area (Å²) in [4.78, 5) is 1.09. The minimum Gasteiger partial charge on any atom is -0.490 e. The quantitative estimate of drug-likeness (QED) is 0.908. The monoisotopic (exact) mass is 279 g/mol. The molecule has 0 aliphatic carbocycles. The van der Waals surface area contributed by atoms with Gasteiger partial charge in [-0.15, -0.1) is 11.3 Å². The molecule has 2 unspecified atom stereocenters. The molecular formula is C14H14ClNOS. The molecule has 3 rings (SSSR count). The third-order valence-electron chi connectivity index (χ3n) is 3.18. The molecule has 2 heterocycles. The van der Waals surface area contributed by atoms with Crippen LogP contribution in [0, 0.1) is 0 Å². The van der Waals surface area contributed by atoms with Crippen LogP contribution in [0.3, 0.4) is 0 Å². The van der Waals surface area contributed by atoms with E-state index < -0.39 is 0 Å². The van der Waals surface area contributed by atoms with Crippen LogP contribution in [-0.2, 0) is 6.42 Å². The van der Waals surface area contributed by atoms with Crippen LogP contribution >= 0.6 is 22.9 Å². The molecule has 0 amide bonds. The van der Waals surface area contributed by atoms with Gasteiger partial charge in [0.05, 0.1) is 10.4 Å². The highest BCUT2D eigenvalue weighted by atomic mass is 35.5. The van der Waals surface area contributed by atoms with Crippen molar-refractivity contribution in [3.63, 3.8) is 0 Å². The summed E-state index contributed by atoms with van der Waals surface area (Å²) >= 11 is 7.48. The maximum absolute atomic E-state index is 6.27. The van der Waals surface area contributed by atoms with Crippen molar-refractivity contribution < 1.29 is 4.74 Å². The zero-order valence-electron chi connectivity index (χ0n) is 10.0. The number of rotatable bonds is 2. The molecule has 2 atom stereocenters. The number of halogens is 1. The average molecular weight is 280 g/mol. The minimum atomic E-state index is -0.108. The SMILES string of the molecule is CC1Cc2cc(C(N)c3ccc(Cl)s3)ccc2O1. The Bertz CT molecular complexity index is 581. The highest BCUT2D eigenvalue weighted by Crippen LogP contribution is 2.34. The molecular weight excluding hydrogens is 266 g/mol. The van der Waals surface area contributed by atoms with E-state index >= 15 is 0 Å². The van der Waals surface area contributed by atoms with E-state index in [-0.39, 0.29) is 12.1 Å². The Labute approximate surface area is 115 Å². The first kappa shape index (κ1) is 12.0. The summed E-state index contributed by atoms with van der Waals surface area (Å²) in [5.41, 5.74) is 8.63. The van der Waals surface area contributed by atoms with Crippen molar-refractivity contribution in [1.29, 1.82) is 0 Å². The van der Waals surface area contributed by atoms with E-state index in [1.165, 1.54) is 16.9 Å². The summed E-state index contributed by atoms with van der Waals surface area (Å²) in [7, 11) is 0. The van der Waals surface area contributed by atoms with Crippen LogP contribution in [0.1, 0.15) is 29.0 Å². The Hall–Kier alpha value is -1.03. The topological polar surface area (TPSA) is 35.2 Å². The molecule has 1 aliphatic heterocycles. The first-order chi connectivity index (χ1) is 8.63. The van der Waals surface area contributed by atoms with Crippen molar-refractivity contribution >= 4 is 22.9 Å². The van der Waals surface area contributed by atoms with Crippen molar-refractivity contribution in [2.75, 3.05) is 0 Å². The predicted octanol–water partition coefficient (Wildman–Crippen LogP) is 3.77. The predicted molar refractivity (Wildman–Crippen MR) is 75.6 cm³/mol. The molecule has 1 aromatic carbocycles. The molecule has 0 saturated heterocycles. The number of thiophene rings is 1. The van der Waals surface area contributed by atoms with Crippen LogP contribution in [0.2, 0.25) is 4.34 Å². The van der Waals surface area contributed by atoms with Gasteiger partial charge in [0.15, 0.2) is 0 Å². The van der Waals surface area contributed by atoms with Crippen LogP contribution in [0.25, 0.3) is 0 Å². The summed E-state index contributed by atoms with van der Waals surface area (Å²) in [5.74, 6) is 0.989. The van der Waals surface area contributed by atoms with Gasteiger partial charge in [-0.2, -0.15) is 0 Å². The molecule has 0 fully saturated rings. The molecule has 0 radical (unpaired) electrons. The van der Waals surface area contributed by atoms with Gasteiger partial charge in [0.2, 0.25) is 0 Å². The Kier molecular flexibility index (Phi) is 3.06. The molecule has 1 aromatic heterocycles. The van der Waals surface area contributed by atoms with Gasteiger partial charge in [-0.1, -0.05) is 23.7 Å². The Morgan fingerprint density at radius 2 is 2.22 bits per heavy atom. The van der Waals surface area contributed by atoms with E-state index in [0.29, 0.717) is 0 Å². The molecule has 2 N–H and O–H groups in total. The molecule has 0 saturated carbocycles. The molecule has 4 heteroatoms. The largest absolute Gasteiger partial charge is 0.490 e. The number of ether oxygens (including phenoxy) is 1. The first-order valence-electron chi connectivity index (χ1n) is 5.94. The first-order valence-corrected chi connectivity index (χ1v) is 7.13. The van der Waals surface area contributed by atoms with Crippen LogP contribution in [-0.4, -0.2) is 6.10 Å². The second-order valence-corrected chi connectivity index (χ2v) is 6.37. The highest BCUT2D eigenvalue weighted by Gasteiger charge is 2.21. The van der Waals surface area contributed by atoms with E-state index in [9.17, 15) is 0 Å².